The summed E-state index contributed by atoms with van der Waals surface area (Å²) in [5.74, 6) is -1.49. The number of aromatic nitrogens is 2. The molecule has 0 aliphatic heterocycles. The van der Waals surface area contributed by atoms with Crippen molar-refractivity contribution in [2.24, 2.45) is 0 Å². The SMILES string of the molecule is N#Cc1nn(-c2c(F)cc(C(F)(F)F)cc2Cl)c(CO)c1SC(F)(F)Cl. The molecule has 26 heavy (non-hydrogen) atoms. The summed E-state index contributed by atoms with van der Waals surface area (Å²) >= 11 is 10.1. The van der Waals surface area contributed by atoms with Gasteiger partial charge in [-0.2, -0.15) is 32.3 Å². The van der Waals surface area contributed by atoms with Gasteiger partial charge in [0.05, 0.1) is 27.8 Å². The summed E-state index contributed by atoms with van der Waals surface area (Å²) in [5.41, 5.74) is -3.27. The number of nitrogens with zero attached hydrogens (tertiary/aromatic N) is 3. The molecule has 1 aromatic heterocycles. The summed E-state index contributed by atoms with van der Waals surface area (Å²) in [5, 5.41) is 21.2. The Morgan fingerprint density at radius 2 is 1.88 bits per heavy atom. The minimum absolute atomic E-state index is 0.124. The van der Waals surface area contributed by atoms with Gasteiger partial charge in [0.15, 0.2) is 11.5 Å². The van der Waals surface area contributed by atoms with E-state index in [0.29, 0.717) is 10.7 Å². The molecular weight excluding hydrogens is 431 g/mol. The van der Waals surface area contributed by atoms with Crippen molar-refractivity contribution < 1.29 is 31.4 Å². The van der Waals surface area contributed by atoms with Crippen LogP contribution in [0.1, 0.15) is 17.0 Å². The Morgan fingerprint density at radius 3 is 2.31 bits per heavy atom. The molecule has 1 N–H and O–H groups in total. The third-order valence-corrected chi connectivity index (χ3v) is 4.35. The van der Waals surface area contributed by atoms with Crippen molar-refractivity contribution in [2.75, 3.05) is 0 Å². The van der Waals surface area contributed by atoms with Crippen LogP contribution in [-0.4, -0.2) is 19.6 Å². The van der Waals surface area contributed by atoms with E-state index in [4.69, 9.17) is 28.5 Å². The van der Waals surface area contributed by atoms with Gasteiger partial charge >= 0.3 is 10.9 Å². The maximum atomic E-state index is 14.2. The van der Waals surface area contributed by atoms with Crippen LogP contribution in [0.2, 0.25) is 5.02 Å². The lowest BCUT2D eigenvalue weighted by Crippen LogP contribution is -2.10. The lowest BCUT2D eigenvalue weighted by Gasteiger charge is -2.13. The quantitative estimate of drug-likeness (QED) is 0.420. The van der Waals surface area contributed by atoms with Crippen molar-refractivity contribution in [3.05, 3.63) is 39.9 Å². The molecule has 2 aromatic rings. The molecule has 0 bridgehead atoms. The third kappa shape index (κ3) is 4.20. The van der Waals surface area contributed by atoms with Crippen molar-refractivity contribution >= 4 is 35.0 Å². The van der Waals surface area contributed by atoms with Crippen LogP contribution in [0.5, 0.6) is 0 Å². The predicted molar refractivity (Wildman–Crippen MR) is 80.8 cm³/mol. The van der Waals surface area contributed by atoms with Gasteiger partial charge in [-0.3, -0.25) is 0 Å². The molecule has 2 rings (SSSR count). The summed E-state index contributed by atoms with van der Waals surface area (Å²) < 4.78 is 75.1. The van der Waals surface area contributed by atoms with Crippen molar-refractivity contribution in [3.8, 4) is 11.8 Å². The Balaban J connectivity index is 2.72. The van der Waals surface area contributed by atoms with E-state index in [1.54, 1.807) is 0 Å². The second-order valence-electron chi connectivity index (χ2n) is 4.64. The van der Waals surface area contributed by atoms with Gasteiger partial charge < -0.3 is 5.11 Å². The predicted octanol–water partition coefficient (Wildman–Crippen LogP) is 4.93. The van der Waals surface area contributed by atoms with Crippen LogP contribution in [0.4, 0.5) is 26.3 Å². The van der Waals surface area contributed by atoms with E-state index in [9.17, 15) is 31.4 Å². The highest BCUT2D eigenvalue weighted by Crippen LogP contribution is 2.43. The molecule has 0 aliphatic rings. The number of benzene rings is 1. The third-order valence-electron chi connectivity index (χ3n) is 2.96. The second-order valence-corrected chi connectivity index (χ2v) is 6.87. The zero-order valence-corrected chi connectivity index (χ0v) is 14.4. The Morgan fingerprint density at radius 1 is 1.27 bits per heavy atom. The minimum atomic E-state index is -4.88. The van der Waals surface area contributed by atoms with Gasteiger partial charge in [-0.1, -0.05) is 11.6 Å². The summed E-state index contributed by atoms with van der Waals surface area (Å²) in [6, 6.07) is 1.98. The second kappa shape index (κ2) is 7.19. The monoisotopic (exact) mass is 435 g/mol. The Labute approximate surface area is 155 Å². The van der Waals surface area contributed by atoms with Crippen LogP contribution in [0.15, 0.2) is 17.0 Å². The van der Waals surface area contributed by atoms with Crippen molar-refractivity contribution in [2.45, 2.75) is 22.4 Å². The van der Waals surface area contributed by atoms with E-state index in [1.165, 1.54) is 6.07 Å². The fourth-order valence-electron chi connectivity index (χ4n) is 1.99. The number of hydrogen-bond donors (Lipinski definition) is 1. The van der Waals surface area contributed by atoms with Crippen molar-refractivity contribution in [1.29, 1.82) is 5.26 Å². The van der Waals surface area contributed by atoms with Gasteiger partial charge in [0.1, 0.15) is 11.8 Å². The van der Waals surface area contributed by atoms with Crippen LogP contribution in [0, 0.1) is 17.1 Å². The number of hydrogen-bond acceptors (Lipinski definition) is 4. The van der Waals surface area contributed by atoms with Crippen LogP contribution >= 0.6 is 35.0 Å². The van der Waals surface area contributed by atoms with E-state index in [0.717, 1.165) is 0 Å². The van der Waals surface area contributed by atoms with Gasteiger partial charge in [0, 0.05) is 0 Å². The lowest BCUT2D eigenvalue weighted by molar-refractivity contribution is -0.137. The van der Waals surface area contributed by atoms with Crippen molar-refractivity contribution in [1.82, 2.24) is 9.78 Å². The molecule has 140 valence electrons. The highest BCUT2D eigenvalue weighted by molar-refractivity contribution is 8.01. The standard InChI is InChI=1S/C13H5Cl2F6N3OS/c14-6-1-5(12(17,18)19)2-7(16)10(6)24-9(4-25)11(8(3-22)23-24)26-13(15,20)21/h1-2,25H,4H2. The zero-order chi connectivity index (χ0) is 19.9. The molecule has 1 heterocycles. The van der Waals surface area contributed by atoms with Gasteiger partial charge in [0.2, 0.25) is 0 Å². The molecular formula is C13H5Cl2F6N3OS. The number of thioether (sulfide) groups is 1. The molecule has 0 unspecified atom stereocenters. The number of alkyl halides is 6. The molecule has 1 aromatic carbocycles. The Kier molecular flexibility index (Phi) is 5.72. The molecule has 0 atom stereocenters. The Bertz CT molecular complexity index is 865. The van der Waals surface area contributed by atoms with E-state index in [-0.39, 0.29) is 17.8 Å². The van der Waals surface area contributed by atoms with E-state index < -0.39 is 55.9 Å². The summed E-state index contributed by atoms with van der Waals surface area (Å²) in [6.07, 6.45) is -4.88. The number of halogens is 8. The number of rotatable bonds is 4. The number of aliphatic hydroxyl groups excluding tert-OH is 1. The van der Waals surface area contributed by atoms with Gasteiger partial charge in [-0.15, -0.1) is 0 Å². The molecule has 4 nitrogen and oxygen atoms in total. The molecule has 0 amide bonds. The Hall–Kier alpha value is -1.61. The normalized spacial score (nSPS) is 12.3. The van der Waals surface area contributed by atoms with E-state index in [1.807, 2.05) is 0 Å². The molecule has 0 fully saturated rings. The fourth-order valence-corrected chi connectivity index (χ4v) is 3.19. The summed E-state index contributed by atoms with van der Waals surface area (Å²) in [7, 11) is 0. The number of nitriles is 1. The zero-order valence-electron chi connectivity index (χ0n) is 12.1. The highest BCUT2D eigenvalue weighted by atomic mass is 35.5. The first-order valence-corrected chi connectivity index (χ1v) is 7.91. The summed E-state index contributed by atoms with van der Waals surface area (Å²) in [6.45, 7) is -0.999. The summed E-state index contributed by atoms with van der Waals surface area (Å²) in [4.78, 5) is -0.564. The van der Waals surface area contributed by atoms with Crippen LogP contribution in [-0.2, 0) is 12.8 Å². The maximum Gasteiger partial charge on any atom is 0.416 e. The fraction of sp³-hybridized carbons (Fsp3) is 0.231. The number of aliphatic hydroxyl groups is 1. The molecule has 13 heteroatoms. The van der Waals surface area contributed by atoms with Gasteiger partial charge in [-0.05, 0) is 35.5 Å². The van der Waals surface area contributed by atoms with Gasteiger partial charge in [0.25, 0.3) is 0 Å². The largest absolute Gasteiger partial charge is 0.416 e. The minimum Gasteiger partial charge on any atom is -0.390 e. The van der Waals surface area contributed by atoms with Crippen LogP contribution < -0.4 is 0 Å². The smallest absolute Gasteiger partial charge is 0.390 e. The first kappa shape index (κ1) is 20.7. The van der Waals surface area contributed by atoms with Crippen LogP contribution in [0.3, 0.4) is 0 Å². The molecule has 0 radical (unpaired) electrons. The topological polar surface area (TPSA) is 61.8 Å². The van der Waals surface area contributed by atoms with Crippen LogP contribution in [0.25, 0.3) is 5.69 Å². The molecule has 0 saturated heterocycles. The van der Waals surface area contributed by atoms with Crippen molar-refractivity contribution in [3.63, 3.8) is 0 Å². The lowest BCUT2D eigenvalue weighted by atomic mass is 10.2. The highest BCUT2D eigenvalue weighted by Gasteiger charge is 2.35. The van der Waals surface area contributed by atoms with E-state index >= 15 is 0 Å². The molecule has 0 spiro atoms. The molecule has 0 saturated carbocycles. The average Bonchev–Trinajstić information content (AvgIpc) is 2.81. The van der Waals surface area contributed by atoms with Gasteiger partial charge in [-0.25, -0.2) is 9.07 Å². The van der Waals surface area contributed by atoms with E-state index in [2.05, 4.69) is 5.10 Å². The first-order valence-electron chi connectivity index (χ1n) is 6.34. The first-order chi connectivity index (χ1) is 11.9. The average molecular weight is 436 g/mol. The maximum absolute atomic E-state index is 14.2. The molecule has 0 aliphatic carbocycles.